The molecule has 0 aromatic rings. The van der Waals surface area contributed by atoms with Crippen LogP contribution < -0.4 is 10.6 Å². The first-order valence-corrected chi connectivity index (χ1v) is 10.0. The van der Waals surface area contributed by atoms with E-state index >= 15 is 0 Å². The van der Waals surface area contributed by atoms with Gasteiger partial charge in [0.05, 0.1) is 0 Å². The number of unbranched alkanes of at least 4 members (excludes halogenated alkanes) is 2. The summed E-state index contributed by atoms with van der Waals surface area (Å²) in [6, 6.07) is -2.52. The van der Waals surface area contributed by atoms with Crippen molar-refractivity contribution in [3.05, 3.63) is 0 Å². The lowest BCUT2D eigenvalue weighted by atomic mass is 9.89. The predicted molar refractivity (Wildman–Crippen MR) is 92.3 cm³/mol. The molecule has 1 saturated carbocycles. The monoisotopic (exact) mass is 508 g/mol. The van der Waals surface area contributed by atoms with E-state index in [1.165, 1.54) is 5.32 Å². The van der Waals surface area contributed by atoms with Gasteiger partial charge in [-0.05, 0) is 19.3 Å². The van der Waals surface area contributed by atoms with Crippen molar-refractivity contribution < 1.29 is 57.9 Å². The number of alkyl halides is 11. The molecule has 0 aromatic carbocycles. The van der Waals surface area contributed by atoms with Gasteiger partial charge in [-0.15, -0.1) is 0 Å². The van der Waals surface area contributed by atoms with Crippen LogP contribution >= 0.6 is 0 Å². The quantitative estimate of drug-likeness (QED) is 0.314. The van der Waals surface area contributed by atoms with Gasteiger partial charge in [0.2, 0.25) is 5.91 Å². The molecule has 1 aliphatic rings. The van der Waals surface area contributed by atoms with E-state index in [0.29, 0.717) is 19.3 Å². The van der Waals surface area contributed by atoms with Gasteiger partial charge >= 0.3 is 29.9 Å². The highest BCUT2D eigenvalue weighted by atomic mass is 19.4. The second-order valence-corrected chi connectivity index (χ2v) is 7.79. The van der Waals surface area contributed by atoms with E-state index in [1.807, 2.05) is 6.92 Å². The minimum absolute atomic E-state index is 0.0258. The molecule has 33 heavy (non-hydrogen) atoms. The highest BCUT2D eigenvalue weighted by Gasteiger charge is 2.88. The second-order valence-electron chi connectivity index (χ2n) is 7.79. The number of rotatable bonds is 10. The number of nitrogens with one attached hydrogen (secondary N) is 2. The van der Waals surface area contributed by atoms with Crippen molar-refractivity contribution in [2.45, 2.75) is 100 Å². The number of halogens is 11. The predicted octanol–water partition coefficient (Wildman–Crippen LogP) is 5.21. The van der Waals surface area contributed by atoms with Crippen LogP contribution in [0, 0.1) is 0 Å². The minimum atomic E-state index is -7.65. The van der Waals surface area contributed by atoms with Gasteiger partial charge in [-0.1, -0.05) is 32.6 Å². The van der Waals surface area contributed by atoms with E-state index in [2.05, 4.69) is 5.32 Å². The van der Waals surface area contributed by atoms with Crippen LogP contribution in [0.15, 0.2) is 0 Å². The number of amides is 2. The molecule has 0 saturated heterocycles. The van der Waals surface area contributed by atoms with Crippen LogP contribution in [0.2, 0.25) is 0 Å². The third kappa shape index (κ3) is 5.81. The maximum atomic E-state index is 13.9. The third-order valence-electron chi connectivity index (χ3n) is 5.26. The fraction of sp³-hybridized carbons (Fsp3) is 0.889. The maximum absolute atomic E-state index is 13.9. The first kappa shape index (κ1) is 29.2. The standard InChI is InChI=1S/C18H23F11N2O2/c1-2-3-4-9-12(32)30-10-7-5-6-8-11(10)31-13(33)14(19,20)15(21,22)16(23,24)17(25,26)18(27,28)29/h10-11H,2-9H2,1H3,(H,30,32)(H,31,33)/t10-,11-/m1/s1. The van der Waals surface area contributed by atoms with E-state index < -0.39 is 53.8 Å². The Bertz CT molecular complexity index is 695. The summed E-state index contributed by atoms with van der Waals surface area (Å²) in [6.07, 6.45) is -4.74. The fourth-order valence-corrected chi connectivity index (χ4v) is 3.26. The first-order chi connectivity index (χ1) is 14.8. The van der Waals surface area contributed by atoms with Gasteiger partial charge in [-0.3, -0.25) is 9.59 Å². The summed E-state index contributed by atoms with van der Waals surface area (Å²) in [5.41, 5.74) is 0. The molecule has 1 rings (SSSR count). The Hall–Kier alpha value is -1.83. The van der Waals surface area contributed by atoms with E-state index in [0.717, 1.165) is 6.42 Å². The molecule has 0 radical (unpaired) electrons. The Morgan fingerprint density at radius 3 is 1.67 bits per heavy atom. The molecule has 2 atom stereocenters. The summed E-state index contributed by atoms with van der Waals surface area (Å²) in [5, 5.41) is 3.70. The Balaban J connectivity index is 3.05. The van der Waals surface area contributed by atoms with E-state index in [4.69, 9.17) is 0 Å². The molecule has 2 amide bonds. The number of carbonyl (C=O) groups excluding carboxylic acids is 2. The zero-order valence-electron chi connectivity index (χ0n) is 17.3. The van der Waals surface area contributed by atoms with Crippen LogP contribution in [0.4, 0.5) is 48.3 Å². The zero-order valence-corrected chi connectivity index (χ0v) is 17.3. The van der Waals surface area contributed by atoms with Gasteiger partial charge in [-0.25, -0.2) is 0 Å². The van der Waals surface area contributed by atoms with Crippen LogP contribution in [0.1, 0.15) is 58.3 Å². The fourth-order valence-electron chi connectivity index (χ4n) is 3.26. The third-order valence-corrected chi connectivity index (χ3v) is 5.26. The highest BCUT2D eigenvalue weighted by molar-refractivity contribution is 5.85. The molecule has 1 aliphatic carbocycles. The lowest BCUT2D eigenvalue weighted by molar-refractivity contribution is -0.417. The molecule has 1 fully saturated rings. The highest BCUT2D eigenvalue weighted by Crippen LogP contribution is 2.57. The smallest absolute Gasteiger partial charge is 0.351 e. The van der Waals surface area contributed by atoms with E-state index in [1.54, 1.807) is 0 Å². The summed E-state index contributed by atoms with van der Waals surface area (Å²) in [7, 11) is 0. The molecule has 4 nitrogen and oxygen atoms in total. The molecular formula is C18H23F11N2O2. The molecule has 0 aliphatic heterocycles. The number of hydrogen-bond acceptors (Lipinski definition) is 2. The summed E-state index contributed by atoms with van der Waals surface area (Å²) >= 11 is 0. The Morgan fingerprint density at radius 2 is 1.21 bits per heavy atom. The molecule has 15 heteroatoms. The van der Waals surface area contributed by atoms with Crippen molar-refractivity contribution >= 4 is 11.8 Å². The summed E-state index contributed by atoms with van der Waals surface area (Å²) in [6.45, 7) is 1.86. The van der Waals surface area contributed by atoms with Crippen molar-refractivity contribution in [2.75, 3.05) is 0 Å². The van der Waals surface area contributed by atoms with Crippen molar-refractivity contribution in [1.82, 2.24) is 10.6 Å². The Morgan fingerprint density at radius 1 is 0.727 bits per heavy atom. The number of hydrogen-bond donors (Lipinski definition) is 2. The second kappa shape index (κ2) is 10.2. The normalized spacial score (nSPS) is 21.0. The molecule has 0 spiro atoms. The van der Waals surface area contributed by atoms with Crippen LogP contribution in [0.25, 0.3) is 0 Å². The van der Waals surface area contributed by atoms with Gasteiger partial charge < -0.3 is 10.6 Å². The topological polar surface area (TPSA) is 58.2 Å². The van der Waals surface area contributed by atoms with Gasteiger partial charge in [-0.2, -0.15) is 48.3 Å². The van der Waals surface area contributed by atoms with Gasteiger partial charge in [0, 0.05) is 18.5 Å². The van der Waals surface area contributed by atoms with Crippen molar-refractivity contribution in [3.63, 3.8) is 0 Å². The van der Waals surface area contributed by atoms with Crippen molar-refractivity contribution in [1.29, 1.82) is 0 Å². The van der Waals surface area contributed by atoms with Crippen molar-refractivity contribution in [2.24, 2.45) is 0 Å². The average Bonchev–Trinajstić information content (AvgIpc) is 2.68. The van der Waals surface area contributed by atoms with Crippen LogP contribution in [0.3, 0.4) is 0 Å². The first-order valence-electron chi connectivity index (χ1n) is 10.0. The lowest BCUT2D eigenvalue weighted by Crippen LogP contribution is -2.70. The molecule has 0 unspecified atom stereocenters. The van der Waals surface area contributed by atoms with E-state index in [-0.39, 0.29) is 25.7 Å². The number of carbonyl (C=O) groups is 2. The molecule has 194 valence electrons. The molecule has 0 heterocycles. The SMILES string of the molecule is CCCCCC(=O)N[C@@H]1CCCC[C@H]1NC(=O)C(F)(F)C(F)(F)C(F)(F)C(F)(F)C(F)(F)F. The van der Waals surface area contributed by atoms with Crippen molar-refractivity contribution in [3.8, 4) is 0 Å². The summed E-state index contributed by atoms with van der Waals surface area (Å²) in [4.78, 5) is 23.7. The summed E-state index contributed by atoms with van der Waals surface area (Å²) in [5.74, 6) is -33.0. The minimum Gasteiger partial charge on any atom is -0.351 e. The summed E-state index contributed by atoms with van der Waals surface area (Å²) < 4.78 is 144. The Labute approximate surface area is 181 Å². The lowest BCUT2D eigenvalue weighted by Gasteiger charge is -2.38. The van der Waals surface area contributed by atoms with Gasteiger partial charge in [0.1, 0.15) is 0 Å². The zero-order chi connectivity index (χ0) is 25.9. The van der Waals surface area contributed by atoms with Crippen LogP contribution in [-0.4, -0.2) is 53.8 Å². The molecule has 0 aromatic heterocycles. The maximum Gasteiger partial charge on any atom is 0.460 e. The average molecular weight is 508 g/mol. The molecule has 2 N–H and O–H groups in total. The Kier molecular flexibility index (Phi) is 9.03. The van der Waals surface area contributed by atoms with E-state index in [9.17, 15) is 57.9 Å². The van der Waals surface area contributed by atoms with Crippen LogP contribution in [0.5, 0.6) is 0 Å². The molecule has 0 bridgehead atoms. The molecular weight excluding hydrogens is 485 g/mol. The van der Waals surface area contributed by atoms with Crippen LogP contribution in [-0.2, 0) is 9.59 Å². The largest absolute Gasteiger partial charge is 0.460 e. The van der Waals surface area contributed by atoms with Gasteiger partial charge in [0.25, 0.3) is 5.91 Å². The van der Waals surface area contributed by atoms with Gasteiger partial charge in [0.15, 0.2) is 0 Å².